The summed E-state index contributed by atoms with van der Waals surface area (Å²) in [6.07, 6.45) is 5.79. The maximum absolute atomic E-state index is 13.1. The molecule has 0 radical (unpaired) electrons. The van der Waals surface area contributed by atoms with Crippen molar-refractivity contribution in [1.29, 1.82) is 0 Å². The Kier molecular flexibility index (Phi) is 4.65. The molecule has 2 aliphatic rings. The van der Waals surface area contributed by atoms with Gasteiger partial charge < -0.3 is 18.9 Å². The standard InChI is InChI=1S/C21H24N6O3/c1-29-17-8-7-13(11-18(17)30-2)20-25-24-19-12-26(21(28)14-9-10-22-23-14)15-5-3-4-6-16(15)27(19)20/h7-11,15-16H,3-6,12H2,1-2H3,(H,22,23)/t15-,16+/m0/s1. The highest BCUT2D eigenvalue weighted by Gasteiger charge is 2.41. The second-order valence-electron chi connectivity index (χ2n) is 7.70. The average Bonchev–Trinajstić information content (AvgIpc) is 3.48. The number of benzene rings is 1. The van der Waals surface area contributed by atoms with Crippen LogP contribution in [-0.2, 0) is 6.54 Å². The molecule has 156 valence electrons. The second kappa shape index (κ2) is 7.47. The molecule has 1 aliphatic carbocycles. The van der Waals surface area contributed by atoms with Crippen molar-refractivity contribution in [3.05, 3.63) is 42.0 Å². The number of aromatic nitrogens is 5. The monoisotopic (exact) mass is 408 g/mol. The Balaban J connectivity index is 1.56. The van der Waals surface area contributed by atoms with Crippen molar-refractivity contribution in [2.75, 3.05) is 14.2 Å². The van der Waals surface area contributed by atoms with Gasteiger partial charge >= 0.3 is 0 Å². The zero-order chi connectivity index (χ0) is 20.7. The van der Waals surface area contributed by atoms with Crippen LogP contribution in [0.3, 0.4) is 0 Å². The van der Waals surface area contributed by atoms with Gasteiger partial charge in [0.15, 0.2) is 23.1 Å². The van der Waals surface area contributed by atoms with Gasteiger partial charge in [-0.3, -0.25) is 9.89 Å². The quantitative estimate of drug-likeness (QED) is 0.713. The number of aromatic amines is 1. The van der Waals surface area contributed by atoms with Crippen LogP contribution in [0.2, 0.25) is 0 Å². The molecule has 2 atom stereocenters. The van der Waals surface area contributed by atoms with E-state index in [4.69, 9.17) is 9.47 Å². The molecule has 1 amide bonds. The third-order valence-electron chi connectivity index (χ3n) is 6.14. The van der Waals surface area contributed by atoms with Crippen molar-refractivity contribution >= 4 is 5.91 Å². The van der Waals surface area contributed by atoms with Gasteiger partial charge in [0.25, 0.3) is 5.91 Å². The number of hydrogen-bond donors (Lipinski definition) is 1. The first-order valence-electron chi connectivity index (χ1n) is 10.2. The number of H-pyrrole nitrogens is 1. The van der Waals surface area contributed by atoms with Crippen LogP contribution >= 0.6 is 0 Å². The first-order valence-corrected chi connectivity index (χ1v) is 10.2. The number of carbonyl (C=O) groups excluding carboxylic acids is 1. The molecule has 1 saturated carbocycles. The third kappa shape index (κ3) is 2.92. The fourth-order valence-corrected chi connectivity index (χ4v) is 4.73. The van der Waals surface area contributed by atoms with E-state index in [1.54, 1.807) is 26.5 Å². The molecule has 1 fully saturated rings. The Morgan fingerprint density at radius 1 is 1.07 bits per heavy atom. The first-order chi connectivity index (χ1) is 14.7. The van der Waals surface area contributed by atoms with E-state index in [9.17, 15) is 4.79 Å². The fourth-order valence-electron chi connectivity index (χ4n) is 4.73. The second-order valence-corrected chi connectivity index (χ2v) is 7.70. The van der Waals surface area contributed by atoms with E-state index in [2.05, 4.69) is 25.0 Å². The summed E-state index contributed by atoms with van der Waals surface area (Å²) in [5.74, 6) is 2.89. The molecule has 0 saturated heterocycles. The number of hydrogen-bond acceptors (Lipinski definition) is 6. The lowest BCUT2D eigenvalue weighted by molar-refractivity contribution is 0.0415. The van der Waals surface area contributed by atoms with Crippen molar-refractivity contribution in [1.82, 2.24) is 29.9 Å². The van der Waals surface area contributed by atoms with Crippen LogP contribution < -0.4 is 9.47 Å². The smallest absolute Gasteiger partial charge is 0.272 e. The Hall–Kier alpha value is -3.36. The molecule has 30 heavy (non-hydrogen) atoms. The van der Waals surface area contributed by atoms with Crippen molar-refractivity contribution < 1.29 is 14.3 Å². The van der Waals surface area contributed by atoms with Gasteiger partial charge in [0.2, 0.25) is 0 Å². The molecule has 1 aliphatic heterocycles. The molecule has 3 aromatic rings. The molecule has 3 heterocycles. The van der Waals surface area contributed by atoms with Crippen molar-refractivity contribution in [3.8, 4) is 22.9 Å². The van der Waals surface area contributed by atoms with Gasteiger partial charge in [0.05, 0.1) is 32.8 Å². The zero-order valence-electron chi connectivity index (χ0n) is 17.0. The van der Waals surface area contributed by atoms with E-state index in [0.29, 0.717) is 23.7 Å². The molecule has 9 heteroatoms. The highest BCUT2D eigenvalue weighted by molar-refractivity contribution is 5.92. The molecule has 1 N–H and O–H groups in total. The third-order valence-corrected chi connectivity index (χ3v) is 6.14. The summed E-state index contributed by atoms with van der Waals surface area (Å²) in [5, 5.41) is 15.7. The van der Waals surface area contributed by atoms with Crippen LogP contribution in [0, 0.1) is 0 Å². The fraction of sp³-hybridized carbons (Fsp3) is 0.429. The summed E-state index contributed by atoms with van der Waals surface area (Å²) in [7, 11) is 3.24. The summed E-state index contributed by atoms with van der Waals surface area (Å²) in [6, 6.07) is 7.75. The van der Waals surface area contributed by atoms with Gasteiger partial charge in [-0.05, 0) is 37.1 Å². The van der Waals surface area contributed by atoms with Gasteiger partial charge in [-0.1, -0.05) is 12.8 Å². The van der Waals surface area contributed by atoms with E-state index >= 15 is 0 Å². The van der Waals surface area contributed by atoms with E-state index < -0.39 is 0 Å². The van der Waals surface area contributed by atoms with Gasteiger partial charge in [0, 0.05) is 11.8 Å². The molecular formula is C21H24N6O3. The summed E-state index contributed by atoms with van der Waals surface area (Å²) in [4.78, 5) is 15.1. The molecule has 0 unspecified atom stereocenters. The Morgan fingerprint density at radius 3 is 2.60 bits per heavy atom. The normalized spacial score (nSPS) is 20.4. The molecule has 2 aromatic heterocycles. The van der Waals surface area contributed by atoms with Crippen molar-refractivity contribution in [2.45, 2.75) is 44.3 Å². The molecule has 0 spiro atoms. The number of nitrogens with one attached hydrogen (secondary N) is 1. The largest absolute Gasteiger partial charge is 0.493 e. The molecule has 1 aromatic carbocycles. The summed E-state index contributed by atoms with van der Waals surface area (Å²) >= 11 is 0. The number of amides is 1. The van der Waals surface area contributed by atoms with Crippen LogP contribution in [-0.4, -0.2) is 56.0 Å². The van der Waals surface area contributed by atoms with Gasteiger partial charge in [-0.15, -0.1) is 10.2 Å². The summed E-state index contributed by atoms with van der Waals surface area (Å²) in [5.41, 5.74) is 1.43. The van der Waals surface area contributed by atoms with Crippen LogP contribution in [0.1, 0.15) is 48.0 Å². The lowest BCUT2D eigenvalue weighted by Gasteiger charge is -2.44. The number of carbonyl (C=O) groups is 1. The first kappa shape index (κ1) is 18.7. The Morgan fingerprint density at radius 2 is 1.87 bits per heavy atom. The van der Waals surface area contributed by atoms with Crippen LogP contribution in [0.5, 0.6) is 11.5 Å². The summed E-state index contributed by atoms with van der Waals surface area (Å²) in [6.45, 7) is 0.430. The average molecular weight is 408 g/mol. The van der Waals surface area contributed by atoms with Gasteiger partial charge in [0.1, 0.15) is 5.69 Å². The van der Waals surface area contributed by atoms with Crippen LogP contribution in [0.25, 0.3) is 11.4 Å². The Bertz CT molecular complexity index is 1060. The highest BCUT2D eigenvalue weighted by Crippen LogP contribution is 2.41. The SMILES string of the molecule is COc1ccc(-c2nnc3n2[C@@H]2CCCC[C@@H]2N(C(=O)c2ccn[nH]2)C3)cc1OC. The van der Waals surface area contributed by atoms with Crippen LogP contribution in [0.15, 0.2) is 30.5 Å². The van der Waals surface area contributed by atoms with Gasteiger partial charge in [-0.25, -0.2) is 0 Å². The van der Waals surface area contributed by atoms with Crippen molar-refractivity contribution in [2.24, 2.45) is 0 Å². The lowest BCUT2D eigenvalue weighted by Crippen LogP contribution is -2.50. The zero-order valence-corrected chi connectivity index (χ0v) is 17.0. The Labute approximate surface area is 174 Å². The molecule has 9 nitrogen and oxygen atoms in total. The topological polar surface area (TPSA) is 98.2 Å². The van der Waals surface area contributed by atoms with E-state index in [-0.39, 0.29) is 18.0 Å². The van der Waals surface area contributed by atoms with E-state index in [1.807, 2.05) is 23.1 Å². The van der Waals surface area contributed by atoms with E-state index in [1.165, 1.54) is 0 Å². The molecule has 0 bridgehead atoms. The number of rotatable bonds is 4. The highest BCUT2D eigenvalue weighted by atomic mass is 16.5. The maximum atomic E-state index is 13.1. The number of methoxy groups -OCH3 is 2. The number of ether oxygens (including phenoxy) is 2. The molecule has 5 rings (SSSR count). The molecular weight excluding hydrogens is 384 g/mol. The predicted octanol–water partition coefficient (Wildman–Crippen LogP) is 2.83. The minimum absolute atomic E-state index is 0.0358. The number of fused-ring (bicyclic) bond motifs is 3. The lowest BCUT2D eigenvalue weighted by atomic mass is 9.87. The van der Waals surface area contributed by atoms with E-state index in [0.717, 1.165) is 42.9 Å². The predicted molar refractivity (Wildman–Crippen MR) is 108 cm³/mol. The number of nitrogens with zero attached hydrogens (tertiary/aromatic N) is 5. The van der Waals surface area contributed by atoms with Crippen LogP contribution in [0.4, 0.5) is 0 Å². The minimum atomic E-state index is -0.0358. The minimum Gasteiger partial charge on any atom is -0.493 e. The van der Waals surface area contributed by atoms with Crippen molar-refractivity contribution in [3.63, 3.8) is 0 Å². The maximum Gasteiger partial charge on any atom is 0.272 e. The van der Waals surface area contributed by atoms with Gasteiger partial charge in [-0.2, -0.15) is 5.10 Å². The summed E-state index contributed by atoms with van der Waals surface area (Å²) < 4.78 is 13.1.